The topological polar surface area (TPSA) is 73.4 Å². The van der Waals surface area contributed by atoms with Gasteiger partial charge in [0, 0.05) is 24.0 Å². The summed E-state index contributed by atoms with van der Waals surface area (Å²) in [6.45, 7) is 4.52. The fourth-order valence-electron chi connectivity index (χ4n) is 3.31. The van der Waals surface area contributed by atoms with Gasteiger partial charge in [-0.3, -0.25) is 9.59 Å². The first kappa shape index (κ1) is 16.1. The fourth-order valence-corrected chi connectivity index (χ4v) is 3.93. The molecule has 2 heterocycles. The van der Waals surface area contributed by atoms with E-state index in [1.54, 1.807) is 4.90 Å². The number of aromatic nitrogens is 1. The first-order valence-electron chi connectivity index (χ1n) is 7.65. The van der Waals surface area contributed by atoms with Crippen molar-refractivity contribution in [2.24, 2.45) is 11.3 Å². The summed E-state index contributed by atoms with van der Waals surface area (Å²) in [5.74, 6) is -1.00. The summed E-state index contributed by atoms with van der Waals surface area (Å²) in [5, 5.41) is 10.6. The summed E-state index contributed by atoms with van der Waals surface area (Å²) in [7, 11) is 0. The van der Waals surface area contributed by atoms with Crippen molar-refractivity contribution in [3.05, 3.63) is 34.4 Å². The second-order valence-corrected chi connectivity index (χ2v) is 7.25. The quantitative estimate of drug-likeness (QED) is 0.857. The lowest BCUT2D eigenvalue weighted by atomic mass is 9.76. The smallest absolute Gasteiger partial charge is 0.311 e. The first-order valence-corrected chi connectivity index (χ1v) is 8.45. The van der Waals surface area contributed by atoms with E-state index in [9.17, 15) is 14.7 Å². The maximum absolute atomic E-state index is 12.8. The van der Waals surface area contributed by atoms with Crippen LogP contribution in [0.5, 0.6) is 0 Å². The van der Waals surface area contributed by atoms with Gasteiger partial charge in [0.25, 0.3) is 5.91 Å². The molecule has 1 atom stereocenters. The second-order valence-electron chi connectivity index (χ2n) is 6.45. The summed E-state index contributed by atoms with van der Waals surface area (Å²) in [4.78, 5) is 29.3. The number of carbonyl (C=O) groups is 2. The highest BCUT2D eigenvalue weighted by Gasteiger charge is 2.48. The van der Waals surface area contributed by atoms with E-state index < -0.39 is 11.4 Å². The number of likely N-dealkylation sites (tertiary alicyclic amines) is 1. The van der Waals surface area contributed by atoms with Gasteiger partial charge >= 0.3 is 5.97 Å². The lowest BCUT2D eigenvalue weighted by Crippen LogP contribution is -2.40. The van der Waals surface area contributed by atoms with Gasteiger partial charge in [0.15, 0.2) is 0 Å². The normalized spacial score (nSPS) is 21.3. The van der Waals surface area contributed by atoms with E-state index in [2.05, 4.69) is 20.9 Å². The van der Waals surface area contributed by atoms with Gasteiger partial charge in [-0.15, -0.1) is 0 Å². The average Bonchev–Trinajstić information content (AvgIpc) is 3.10. The summed E-state index contributed by atoms with van der Waals surface area (Å²) < 4.78 is 0.732. The van der Waals surface area contributed by atoms with Crippen LogP contribution in [-0.4, -0.2) is 40.0 Å². The van der Waals surface area contributed by atoms with Crippen molar-refractivity contribution >= 4 is 38.7 Å². The Hall–Kier alpha value is -1.82. The number of hydrogen-bond acceptors (Lipinski definition) is 2. The summed E-state index contributed by atoms with van der Waals surface area (Å²) in [6.07, 6.45) is 0.490. The zero-order valence-electron chi connectivity index (χ0n) is 13.1. The molecule has 0 saturated carbocycles. The number of hydrogen-bond donors (Lipinski definition) is 2. The molecule has 1 aromatic carbocycles. The fraction of sp³-hybridized carbons (Fsp3) is 0.412. The number of aromatic amines is 1. The molecular formula is C17H19BrN2O3. The molecule has 2 aromatic rings. The van der Waals surface area contributed by atoms with Gasteiger partial charge in [0.2, 0.25) is 0 Å². The van der Waals surface area contributed by atoms with Crippen LogP contribution in [0.4, 0.5) is 0 Å². The minimum atomic E-state index is -0.853. The number of nitrogens with zero attached hydrogens (tertiary/aromatic N) is 1. The summed E-state index contributed by atoms with van der Waals surface area (Å²) in [6, 6.07) is 7.67. The number of rotatable bonds is 3. The number of carboxylic acid groups (broad SMARTS) is 1. The molecule has 2 N–H and O–H groups in total. The minimum absolute atomic E-state index is 0.0241. The molecule has 23 heavy (non-hydrogen) atoms. The Morgan fingerprint density at radius 1 is 1.35 bits per heavy atom. The number of carboxylic acids is 1. The van der Waals surface area contributed by atoms with E-state index in [0.29, 0.717) is 18.7 Å². The van der Waals surface area contributed by atoms with Crippen molar-refractivity contribution in [3.8, 4) is 0 Å². The van der Waals surface area contributed by atoms with Crippen molar-refractivity contribution in [1.82, 2.24) is 9.88 Å². The third kappa shape index (κ3) is 2.45. The third-order valence-electron chi connectivity index (χ3n) is 4.98. The van der Waals surface area contributed by atoms with Gasteiger partial charge in [0.1, 0.15) is 5.69 Å². The van der Waals surface area contributed by atoms with E-state index in [1.165, 1.54) is 0 Å². The molecule has 0 bridgehead atoms. The van der Waals surface area contributed by atoms with Crippen LogP contribution in [0.1, 0.15) is 30.8 Å². The second kappa shape index (κ2) is 5.67. The predicted molar refractivity (Wildman–Crippen MR) is 91.4 cm³/mol. The minimum Gasteiger partial charge on any atom is -0.481 e. The molecule has 3 rings (SSSR count). The molecule has 1 aliphatic heterocycles. The van der Waals surface area contributed by atoms with E-state index in [-0.39, 0.29) is 18.4 Å². The zero-order chi connectivity index (χ0) is 16.8. The van der Waals surface area contributed by atoms with Gasteiger partial charge in [0.05, 0.1) is 9.89 Å². The summed E-state index contributed by atoms with van der Waals surface area (Å²) >= 11 is 3.49. The highest BCUT2D eigenvalue weighted by Crippen LogP contribution is 2.39. The van der Waals surface area contributed by atoms with Crippen molar-refractivity contribution in [2.45, 2.75) is 20.3 Å². The molecule has 1 unspecified atom stereocenters. The molecule has 6 heteroatoms. The Labute approximate surface area is 142 Å². The van der Waals surface area contributed by atoms with Crippen LogP contribution in [0, 0.1) is 11.3 Å². The molecule has 122 valence electrons. The Morgan fingerprint density at radius 2 is 2.04 bits per heavy atom. The molecule has 1 saturated heterocycles. The van der Waals surface area contributed by atoms with Crippen LogP contribution in [0.25, 0.3) is 10.9 Å². The predicted octanol–water partition coefficient (Wildman–Crippen LogP) is 3.50. The number of benzene rings is 1. The van der Waals surface area contributed by atoms with E-state index in [0.717, 1.165) is 15.4 Å². The molecule has 1 aromatic heterocycles. The van der Waals surface area contributed by atoms with Gasteiger partial charge < -0.3 is 15.0 Å². The molecule has 0 spiro atoms. The van der Waals surface area contributed by atoms with Crippen LogP contribution in [0.15, 0.2) is 28.7 Å². The Bertz CT molecular complexity index is 783. The van der Waals surface area contributed by atoms with Gasteiger partial charge in [-0.05, 0) is 34.3 Å². The van der Waals surface area contributed by atoms with Crippen LogP contribution in [0.3, 0.4) is 0 Å². The molecule has 1 fully saturated rings. The maximum Gasteiger partial charge on any atom is 0.311 e. The van der Waals surface area contributed by atoms with Crippen molar-refractivity contribution in [1.29, 1.82) is 0 Å². The Morgan fingerprint density at radius 3 is 2.61 bits per heavy atom. The third-order valence-corrected chi connectivity index (χ3v) is 5.80. The number of carbonyl (C=O) groups excluding carboxylic acids is 1. The lowest BCUT2D eigenvalue weighted by Gasteiger charge is -2.28. The van der Waals surface area contributed by atoms with Crippen LogP contribution in [-0.2, 0) is 4.79 Å². The van der Waals surface area contributed by atoms with Crippen molar-refractivity contribution in [2.75, 3.05) is 13.1 Å². The van der Waals surface area contributed by atoms with Crippen LogP contribution in [0.2, 0.25) is 0 Å². The van der Waals surface area contributed by atoms with E-state index >= 15 is 0 Å². The Balaban J connectivity index is 1.92. The number of nitrogens with one attached hydrogen (secondary N) is 1. The van der Waals surface area contributed by atoms with Gasteiger partial charge in [-0.25, -0.2) is 0 Å². The SMILES string of the molecule is CC(C)C1(C(=O)O)CCN(C(=O)c2[nH]c3ccccc3c2Br)C1. The largest absolute Gasteiger partial charge is 0.481 e. The standard InChI is InChI=1S/C17H19BrN2O3/c1-10(2)17(16(22)23)7-8-20(9-17)15(21)14-13(18)11-5-3-4-6-12(11)19-14/h3-6,10,19H,7-9H2,1-2H3,(H,22,23). The van der Waals surface area contributed by atoms with E-state index in [4.69, 9.17) is 0 Å². The monoisotopic (exact) mass is 378 g/mol. The average molecular weight is 379 g/mol. The number of amides is 1. The van der Waals surface area contributed by atoms with Crippen molar-refractivity contribution in [3.63, 3.8) is 0 Å². The molecule has 1 amide bonds. The number of fused-ring (bicyclic) bond motifs is 1. The zero-order valence-corrected chi connectivity index (χ0v) is 14.7. The van der Waals surface area contributed by atoms with Crippen LogP contribution >= 0.6 is 15.9 Å². The highest BCUT2D eigenvalue weighted by molar-refractivity contribution is 9.10. The molecule has 5 nitrogen and oxygen atoms in total. The van der Waals surface area contributed by atoms with Crippen molar-refractivity contribution < 1.29 is 14.7 Å². The lowest BCUT2D eigenvalue weighted by molar-refractivity contribution is -0.150. The molecule has 0 aliphatic carbocycles. The number of para-hydroxylation sites is 1. The number of aliphatic carboxylic acids is 1. The first-order chi connectivity index (χ1) is 10.9. The number of halogens is 1. The van der Waals surface area contributed by atoms with E-state index in [1.807, 2.05) is 38.1 Å². The molecule has 0 radical (unpaired) electrons. The van der Waals surface area contributed by atoms with Gasteiger partial charge in [-0.2, -0.15) is 0 Å². The van der Waals surface area contributed by atoms with Crippen LogP contribution < -0.4 is 0 Å². The van der Waals surface area contributed by atoms with Gasteiger partial charge in [-0.1, -0.05) is 32.0 Å². The molecule has 1 aliphatic rings. The highest BCUT2D eigenvalue weighted by atomic mass is 79.9. The number of H-pyrrole nitrogens is 1. The molecular weight excluding hydrogens is 360 g/mol. The maximum atomic E-state index is 12.8. The Kier molecular flexibility index (Phi) is 3.96. The summed E-state index contributed by atoms with van der Waals surface area (Å²) in [5.41, 5.74) is 0.514.